The Bertz CT molecular complexity index is 1130. The van der Waals surface area contributed by atoms with Gasteiger partial charge in [0.25, 0.3) is 0 Å². The van der Waals surface area contributed by atoms with Gasteiger partial charge in [0.1, 0.15) is 5.82 Å². The van der Waals surface area contributed by atoms with Crippen molar-refractivity contribution in [1.29, 1.82) is 0 Å². The first-order valence-electron chi connectivity index (χ1n) is 9.58. The van der Waals surface area contributed by atoms with Crippen LogP contribution in [0.3, 0.4) is 0 Å². The zero-order chi connectivity index (χ0) is 20.0. The molecule has 0 atom stereocenters. The van der Waals surface area contributed by atoms with Crippen LogP contribution in [0.4, 0.5) is 0 Å². The molecule has 3 heterocycles. The molecule has 1 radical (unpaired) electrons. The second-order valence-electron chi connectivity index (χ2n) is 7.69. The van der Waals surface area contributed by atoms with E-state index in [9.17, 15) is 0 Å². The Morgan fingerprint density at radius 1 is 1.00 bits per heavy atom. The maximum atomic E-state index is 5.48. The molecule has 0 aliphatic rings. The Hall–Kier alpha value is -2.37. The second-order valence-corrected chi connectivity index (χ2v) is 7.69. The smallest absolute Gasteiger partial charge is 0.181 e. The maximum absolute atomic E-state index is 5.48. The number of aryl methyl sites for hydroxylation is 2. The van der Waals surface area contributed by atoms with Crippen LogP contribution in [0.2, 0.25) is 0 Å². The molecule has 0 N–H and O–H groups in total. The van der Waals surface area contributed by atoms with Crippen LogP contribution in [0.25, 0.3) is 28.3 Å². The number of para-hydroxylation sites is 1. The van der Waals surface area contributed by atoms with Crippen LogP contribution in [0, 0.1) is 20.0 Å². The van der Waals surface area contributed by atoms with E-state index in [2.05, 4.69) is 62.1 Å². The van der Waals surface area contributed by atoms with Gasteiger partial charge in [0.05, 0.1) is 11.5 Å². The number of nitrogens with zero attached hydrogens (tertiary/aromatic N) is 5. The van der Waals surface area contributed by atoms with E-state index in [1.807, 2.05) is 24.6 Å². The van der Waals surface area contributed by atoms with Gasteiger partial charge in [0.15, 0.2) is 11.6 Å². The zero-order valence-electron chi connectivity index (χ0n) is 17.4. The van der Waals surface area contributed by atoms with E-state index in [-0.39, 0.29) is 20.1 Å². The Morgan fingerprint density at radius 2 is 1.66 bits per heavy atom. The molecule has 3 aromatic heterocycles. The van der Waals surface area contributed by atoms with E-state index in [1.165, 1.54) is 11.1 Å². The zero-order valence-corrected chi connectivity index (χ0v) is 19.8. The molecule has 0 aliphatic heterocycles. The van der Waals surface area contributed by atoms with Crippen molar-refractivity contribution in [3.8, 4) is 17.1 Å². The minimum absolute atomic E-state index is 0. The summed E-state index contributed by atoms with van der Waals surface area (Å²) in [5.41, 5.74) is 5.49. The van der Waals surface area contributed by atoms with Crippen molar-refractivity contribution in [1.82, 2.24) is 24.7 Å². The summed E-state index contributed by atoms with van der Waals surface area (Å²) in [7, 11) is 0. The van der Waals surface area contributed by atoms with Gasteiger partial charge in [-0.1, -0.05) is 51.5 Å². The molecular formula is C22H24IrN5O-. The molecule has 153 valence electrons. The molecule has 0 aliphatic carbocycles. The van der Waals surface area contributed by atoms with Gasteiger partial charge in [0, 0.05) is 32.5 Å². The Morgan fingerprint density at radius 3 is 2.28 bits per heavy atom. The summed E-state index contributed by atoms with van der Waals surface area (Å²) in [6.45, 7) is 12.5. The quantitative estimate of drug-likeness (QED) is 0.321. The number of hydrogen-bond donors (Lipinski definition) is 0. The molecule has 0 spiro atoms. The van der Waals surface area contributed by atoms with Gasteiger partial charge in [-0.15, -0.1) is 6.07 Å². The number of pyridine rings is 1. The van der Waals surface area contributed by atoms with Crippen molar-refractivity contribution >= 4 is 11.2 Å². The molecule has 7 heteroatoms. The minimum Gasteiger partial charge on any atom is -0.469 e. The Balaban J connectivity index is 0.00000240. The van der Waals surface area contributed by atoms with Crippen molar-refractivity contribution in [2.24, 2.45) is 0 Å². The first kappa shape index (κ1) is 21.3. The summed E-state index contributed by atoms with van der Waals surface area (Å²) in [5.74, 6) is 2.70. The SMILES string of the molecule is Cc1nc(-c2[c-]nc3oc(C)nc3c2)n(-c2c(C(C)C)cccc2C(C)C)n1.[Ir]. The summed E-state index contributed by atoms with van der Waals surface area (Å²) in [5, 5.41) is 4.74. The normalized spacial score (nSPS) is 11.4. The predicted octanol–water partition coefficient (Wildman–Crippen LogP) is 5.13. The van der Waals surface area contributed by atoms with Gasteiger partial charge >= 0.3 is 0 Å². The van der Waals surface area contributed by atoms with E-state index in [0.29, 0.717) is 40.6 Å². The first-order valence-corrected chi connectivity index (χ1v) is 9.58. The van der Waals surface area contributed by atoms with Crippen molar-refractivity contribution in [3.05, 3.63) is 53.3 Å². The second kappa shape index (κ2) is 8.17. The Labute approximate surface area is 184 Å². The van der Waals surface area contributed by atoms with Crippen LogP contribution < -0.4 is 0 Å². The fourth-order valence-corrected chi connectivity index (χ4v) is 3.50. The van der Waals surface area contributed by atoms with E-state index in [1.54, 1.807) is 0 Å². The molecule has 6 nitrogen and oxygen atoms in total. The van der Waals surface area contributed by atoms with Crippen LogP contribution in [0.15, 0.2) is 28.7 Å². The molecule has 1 aromatic carbocycles. The summed E-state index contributed by atoms with van der Waals surface area (Å²) in [4.78, 5) is 13.4. The fourth-order valence-electron chi connectivity index (χ4n) is 3.50. The third-order valence-corrected chi connectivity index (χ3v) is 4.81. The molecule has 4 rings (SSSR count). The number of aromatic nitrogens is 5. The summed E-state index contributed by atoms with van der Waals surface area (Å²) >= 11 is 0. The van der Waals surface area contributed by atoms with Crippen LogP contribution in [0.1, 0.15) is 62.4 Å². The maximum Gasteiger partial charge on any atom is 0.181 e. The third-order valence-electron chi connectivity index (χ3n) is 4.81. The van der Waals surface area contributed by atoms with Crippen LogP contribution in [0.5, 0.6) is 0 Å². The molecular weight excluding hydrogens is 542 g/mol. The number of hydrogen-bond acceptors (Lipinski definition) is 5. The number of rotatable bonds is 4. The van der Waals surface area contributed by atoms with Crippen molar-refractivity contribution in [3.63, 3.8) is 0 Å². The fraction of sp³-hybridized carbons (Fsp3) is 0.364. The monoisotopic (exact) mass is 567 g/mol. The topological polar surface area (TPSA) is 69.6 Å². The van der Waals surface area contributed by atoms with Gasteiger partial charge in [-0.2, -0.15) is 5.10 Å². The van der Waals surface area contributed by atoms with Crippen LogP contribution in [-0.2, 0) is 20.1 Å². The standard InChI is InChI=1S/C22H24N5O.Ir/c1-12(2)17-8-7-9-18(13(3)4)20(17)27-21(24-14(5)26-27)16-10-19-22(23-11-16)28-15(6)25-19;/h7-10,12-13H,1-6H3;/q-1;. The van der Waals surface area contributed by atoms with Crippen LogP contribution >= 0.6 is 0 Å². The average Bonchev–Trinajstić information content (AvgIpc) is 3.21. The van der Waals surface area contributed by atoms with Gasteiger partial charge in [0.2, 0.25) is 0 Å². The number of benzene rings is 1. The van der Waals surface area contributed by atoms with Gasteiger partial charge in [-0.3, -0.25) is 9.67 Å². The molecule has 4 aromatic rings. The van der Waals surface area contributed by atoms with E-state index in [0.717, 1.165) is 11.3 Å². The average molecular weight is 567 g/mol. The van der Waals surface area contributed by atoms with Crippen molar-refractivity contribution in [2.75, 3.05) is 0 Å². The number of fused-ring (bicyclic) bond motifs is 1. The molecule has 0 saturated carbocycles. The van der Waals surface area contributed by atoms with E-state index in [4.69, 9.17) is 14.5 Å². The molecule has 0 saturated heterocycles. The van der Waals surface area contributed by atoms with Gasteiger partial charge in [-0.05, 0) is 36.1 Å². The first-order chi connectivity index (χ1) is 13.3. The molecule has 0 bridgehead atoms. The van der Waals surface area contributed by atoms with E-state index >= 15 is 0 Å². The predicted molar refractivity (Wildman–Crippen MR) is 109 cm³/mol. The minimum atomic E-state index is 0. The summed E-state index contributed by atoms with van der Waals surface area (Å²) in [6, 6.07) is 8.36. The van der Waals surface area contributed by atoms with E-state index < -0.39 is 0 Å². The number of oxazole rings is 1. The summed E-state index contributed by atoms with van der Waals surface area (Å²) in [6.07, 6.45) is 3.05. The summed E-state index contributed by atoms with van der Waals surface area (Å²) < 4.78 is 7.42. The largest absolute Gasteiger partial charge is 0.469 e. The Kier molecular flexibility index (Phi) is 6.01. The molecule has 0 amide bonds. The van der Waals surface area contributed by atoms with Gasteiger partial charge in [-0.25, -0.2) is 4.98 Å². The van der Waals surface area contributed by atoms with Crippen molar-refractivity contribution < 1.29 is 24.5 Å². The molecule has 0 unspecified atom stereocenters. The molecule has 29 heavy (non-hydrogen) atoms. The third kappa shape index (κ3) is 3.89. The van der Waals surface area contributed by atoms with Crippen molar-refractivity contribution in [2.45, 2.75) is 53.4 Å². The molecule has 0 fully saturated rings. The van der Waals surface area contributed by atoms with Gasteiger partial charge < -0.3 is 9.40 Å². The van der Waals surface area contributed by atoms with Crippen LogP contribution in [-0.4, -0.2) is 24.7 Å².